The average molecular weight is 253 g/mol. The Hall–Kier alpha value is 0.492. The Balaban J connectivity index is 2.59. The van der Waals surface area contributed by atoms with Gasteiger partial charge in [0.25, 0.3) is 14.1 Å². The van der Waals surface area contributed by atoms with Crippen molar-refractivity contribution >= 4 is 14.1 Å². The lowest BCUT2D eigenvalue weighted by Crippen LogP contribution is -2.44. The van der Waals surface area contributed by atoms with Crippen LogP contribution in [-0.2, 0) is 0 Å². The van der Waals surface area contributed by atoms with Crippen LogP contribution in [0.25, 0.3) is 0 Å². The number of nitrogens with zero attached hydrogens (tertiary/aromatic N) is 1. The molecule has 0 aliphatic heterocycles. The van der Waals surface area contributed by atoms with Crippen LogP contribution in [0.15, 0.2) is 0 Å². The van der Waals surface area contributed by atoms with Crippen LogP contribution in [0.5, 0.6) is 0 Å². The summed E-state index contributed by atoms with van der Waals surface area (Å²) in [6, 6.07) is 0.929. The van der Waals surface area contributed by atoms with E-state index in [1.165, 1.54) is 51.6 Å². The van der Waals surface area contributed by atoms with Gasteiger partial charge in [-0.2, -0.15) is 0 Å². The van der Waals surface area contributed by atoms with Crippen LogP contribution in [0.2, 0.25) is 16.9 Å². The van der Waals surface area contributed by atoms with Crippen LogP contribution >= 0.6 is 0 Å². The molecule has 0 N–H and O–H groups in total. The highest BCUT2D eigenvalue weighted by Crippen LogP contribution is 2.32. The van der Waals surface area contributed by atoms with Crippen molar-refractivity contribution < 1.29 is 0 Å². The van der Waals surface area contributed by atoms with Crippen LogP contribution in [0.3, 0.4) is 0 Å². The molecule has 1 saturated carbocycles. The van der Waals surface area contributed by atoms with E-state index in [1.807, 2.05) is 0 Å². The summed E-state index contributed by atoms with van der Waals surface area (Å²) in [5, 5.41) is 1.58. The van der Waals surface area contributed by atoms with E-state index >= 15 is 0 Å². The van der Waals surface area contributed by atoms with Crippen molar-refractivity contribution in [3.8, 4) is 0 Å². The minimum atomic E-state index is -0.390. The maximum atomic E-state index is 2.82. The van der Waals surface area contributed by atoms with Gasteiger partial charge in [-0.25, -0.2) is 0 Å². The molecule has 0 aromatic rings. The Morgan fingerprint density at radius 3 is 2.12 bits per heavy atom. The van der Waals surface area contributed by atoms with Crippen molar-refractivity contribution in [3.05, 3.63) is 0 Å². The summed E-state index contributed by atoms with van der Waals surface area (Å²) < 4.78 is 0. The molecule has 2 atom stereocenters. The molecule has 0 aromatic heterocycles. The van der Waals surface area contributed by atoms with Crippen molar-refractivity contribution in [2.75, 3.05) is 13.1 Å². The zero-order chi connectivity index (χ0) is 12.7. The minimum Gasteiger partial charge on any atom is -0.300 e. The second kappa shape index (κ2) is 8.57. The van der Waals surface area contributed by atoms with E-state index in [-0.39, 0.29) is 0 Å². The highest BCUT2D eigenvalue weighted by atomic mass is 27.2. The second-order valence-corrected chi connectivity index (χ2v) is 9.54. The van der Waals surface area contributed by atoms with E-state index in [9.17, 15) is 0 Å². The summed E-state index contributed by atoms with van der Waals surface area (Å²) in [7, 11) is 0. The number of hydrogen-bond acceptors (Lipinski definition) is 1. The zero-order valence-electron chi connectivity index (χ0n) is 12.5. The maximum absolute atomic E-state index is 2.82. The summed E-state index contributed by atoms with van der Waals surface area (Å²) in [6.45, 7) is 7.32. The smallest absolute Gasteiger partial charge is 0.255 e. The fraction of sp³-hybridized carbons (Fsp3) is 1.00. The van der Waals surface area contributed by atoms with Crippen LogP contribution in [0.4, 0.5) is 0 Å². The molecule has 2 heteroatoms. The highest BCUT2D eigenvalue weighted by molar-refractivity contribution is 6.55. The molecular formula is C15H32AlN. The Bertz CT molecular complexity index is 183. The normalized spacial score (nSPS) is 25.2. The second-order valence-electron chi connectivity index (χ2n) is 6.28. The lowest BCUT2D eigenvalue weighted by Gasteiger charge is -2.40. The van der Waals surface area contributed by atoms with Gasteiger partial charge in [-0.05, 0) is 38.3 Å². The standard InChI is InChI=1S/C13H26N.2CH3.Al/c1-4-10-14(11-5-2)13-9-7-6-8-12(13)3;;;/h12-13H,3-11H2,1-2H3;2*1H3;. The van der Waals surface area contributed by atoms with E-state index in [0.29, 0.717) is 0 Å². The van der Waals surface area contributed by atoms with Crippen molar-refractivity contribution in [2.24, 2.45) is 5.92 Å². The fourth-order valence-electron chi connectivity index (χ4n) is 3.57. The van der Waals surface area contributed by atoms with Crippen molar-refractivity contribution in [2.45, 2.75) is 75.3 Å². The Kier molecular flexibility index (Phi) is 7.84. The molecular weight excluding hydrogens is 221 g/mol. The third-order valence-electron chi connectivity index (χ3n) is 4.13. The van der Waals surface area contributed by atoms with Gasteiger partial charge in [0.05, 0.1) is 0 Å². The predicted octanol–water partition coefficient (Wildman–Crippen LogP) is 4.42. The first-order valence-electron chi connectivity index (χ1n) is 7.93. The Labute approximate surface area is 113 Å². The van der Waals surface area contributed by atoms with Crippen LogP contribution in [0, 0.1) is 5.92 Å². The van der Waals surface area contributed by atoms with Gasteiger partial charge in [0.1, 0.15) is 0 Å². The largest absolute Gasteiger partial charge is 0.300 e. The third-order valence-corrected chi connectivity index (χ3v) is 5.68. The van der Waals surface area contributed by atoms with Crippen LogP contribution in [0.1, 0.15) is 52.4 Å². The van der Waals surface area contributed by atoms with E-state index in [0.717, 1.165) is 12.0 Å². The third kappa shape index (κ3) is 5.33. The lowest BCUT2D eigenvalue weighted by molar-refractivity contribution is 0.111. The first-order valence-corrected chi connectivity index (χ1v) is 11.1. The molecule has 0 spiro atoms. The minimum absolute atomic E-state index is 0.390. The van der Waals surface area contributed by atoms with Crippen LogP contribution < -0.4 is 0 Å². The van der Waals surface area contributed by atoms with Gasteiger partial charge in [-0.15, -0.1) is 11.6 Å². The molecule has 1 aliphatic rings. The number of hydrogen-bond donors (Lipinski definition) is 0. The molecule has 0 heterocycles. The van der Waals surface area contributed by atoms with Gasteiger partial charge in [-0.3, -0.25) is 0 Å². The van der Waals surface area contributed by atoms with Crippen molar-refractivity contribution in [3.63, 3.8) is 0 Å². The summed E-state index contributed by atoms with van der Waals surface area (Å²) in [4.78, 5) is 2.82. The number of rotatable bonds is 7. The van der Waals surface area contributed by atoms with Gasteiger partial charge in [0.2, 0.25) is 0 Å². The molecule has 1 aliphatic carbocycles. The van der Waals surface area contributed by atoms with Gasteiger partial charge in [0, 0.05) is 6.04 Å². The highest BCUT2D eigenvalue weighted by Gasteiger charge is 2.30. The SMILES string of the molecule is CCCN(CCC)C1CCCCC1[CH2][Al]([CH3])[CH3]. The summed E-state index contributed by atoms with van der Waals surface area (Å²) in [5.74, 6) is 6.08. The fourth-order valence-corrected chi connectivity index (χ4v) is 5.33. The average Bonchev–Trinajstić information content (AvgIpc) is 2.29. The molecule has 100 valence electrons. The lowest BCUT2D eigenvalue weighted by atomic mass is 9.84. The van der Waals surface area contributed by atoms with E-state index in [4.69, 9.17) is 0 Å². The molecule has 0 aromatic carbocycles. The zero-order valence-corrected chi connectivity index (χ0v) is 13.7. The Morgan fingerprint density at radius 2 is 1.59 bits per heavy atom. The molecule has 17 heavy (non-hydrogen) atoms. The maximum Gasteiger partial charge on any atom is 0.255 e. The van der Waals surface area contributed by atoms with Crippen molar-refractivity contribution in [1.82, 2.24) is 4.90 Å². The van der Waals surface area contributed by atoms with Gasteiger partial charge in [-0.1, -0.05) is 38.4 Å². The Morgan fingerprint density at radius 1 is 1.00 bits per heavy atom. The molecule has 0 radical (unpaired) electrons. The molecule has 1 nitrogen and oxygen atoms in total. The summed E-state index contributed by atoms with van der Waals surface area (Å²) in [5.41, 5.74) is 0. The first-order chi connectivity index (χ1) is 8.19. The van der Waals surface area contributed by atoms with Crippen LogP contribution in [-0.4, -0.2) is 38.2 Å². The quantitative estimate of drug-likeness (QED) is 0.607. The molecule has 1 rings (SSSR count). The predicted molar refractivity (Wildman–Crippen MR) is 80.2 cm³/mol. The van der Waals surface area contributed by atoms with Crippen molar-refractivity contribution in [1.29, 1.82) is 0 Å². The molecule has 0 bridgehead atoms. The molecule has 0 saturated heterocycles. The van der Waals surface area contributed by atoms with Gasteiger partial charge < -0.3 is 4.90 Å². The van der Waals surface area contributed by atoms with E-state index in [1.54, 1.807) is 5.28 Å². The van der Waals surface area contributed by atoms with E-state index < -0.39 is 14.1 Å². The monoisotopic (exact) mass is 253 g/mol. The topological polar surface area (TPSA) is 3.24 Å². The van der Waals surface area contributed by atoms with Gasteiger partial charge >= 0.3 is 0 Å². The van der Waals surface area contributed by atoms with Gasteiger partial charge in [0.15, 0.2) is 0 Å². The summed E-state index contributed by atoms with van der Waals surface area (Å²) >= 11 is -0.390. The first kappa shape index (κ1) is 15.5. The molecule has 1 fully saturated rings. The van der Waals surface area contributed by atoms with E-state index in [2.05, 4.69) is 30.3 Å². The molecule has 0 amide bonds. The summed E-state index contributed by atoms with van der Waals surface area (Å²) in [6.07, 6.45) is 8.61. The molecule has 2 unspecified atom stereocenters.